The first-order valence-electron chi connectivity index (χ1n) is 7.57. The summed E-state index contributed by atoms with van der Waals surface area (Å²) >= 11 is 0. The minimum Gasteiger partial charge on any atom is -0.497 e. The number of nitrogens with one attached hydrogen (secondary N) is 1. The van der Waals surface area contributed by atoms with Crippen LogP contribution in [0.4, 0.5) is 13.2 Å². The zero-order valence-corrected chi connectivity index (χ0v) is 13.0. The fourth-order valence-corrected chi connectivity index (χ4v) is 2.67. The van der Waals surface area contributed by atoms with Crippen molar-refractivity contribution in [3.05, 3.63) is 29.8 Å². The summed E-state index contributed by atoms with van der Waals surface area (Å²) in [5.74, 6) is -0.860. The molecule has 1 aliphatic heterocycles. The van der Waals surface area contributed by atoms with Crippen molar-refractivity contribution in [2.75, 3.05) is 26.7 Å². The molecule has 0 bridgehead atoms. The van der Waals surface area contributed by atoms with Gasteiger partial charge in [0.05, 0.1) is 19.6 Å². The highest BCUT2D eigenvalue weighted by Gasteiger charge is 2.41. The third-order valence-corrected chi connectivity index (χ3v) is 3.98. The Balaban J connectivity index is 1.77. The minimum atomic E-state index is -4.18. The van der Waals surface area contributed by atoms with Gasteiger partial charge in [-0.05, 0) is 37.1 Å². The molecule has 1 aliphatic rings. The van der Waals surface area contributed by atoms with Crippen LogP contribution in [0.1, 0.15) is 18.4 Å². The van der Waals surface area contributed by atoms with Crippen LogP contribution in [0.5, 0.6) is 5.75 Å². The van der Waals surface area contributed by atoms with Crippen molar-refractivity contribution in [2.24, 2.45) is 5.92 Å². The second-order valence-electron chi connectivity index (χ2n) is 5.74. The molecule has 1 fully saturated rings. The zero-order valence-electron chi connectivity index (χ0n) is 13.0. The molecule has 1 saturated heterocycles. The first-order valence-corrected chi connectivity index (χ1v) is 7.57. The number of hydrogen-bond acceptors (Lipinski definition) is 3. The number of benzene rings is 1. The summed E-state index contributed by atoms with van der Waals surface area (Å²) in [4.78, 5) is 13.5. The Hall–Kier alpha value is -1.76. The number of carbonyl (C=O) groups is 1. The Morgan fingerprint density at radius 3 is 2.65 bits per heavy atom. The number of likely N-dealkylation sites (tertiary alicyclic amines) is 1. The molecule has 0 saturated carbocycles. The number of halogens is 3. The van der Waals surface area contributed by atoms with E-state index in [4.69, 9.17) is 4.74 Å². The molecule has 2 rings (SSSR count). The maximum absolute atomic E-state index is 12.7. The molecule has 128 valence electrons. The van der Waals surface area contributed by atoms with E-state index < -0.39 is 12.1 Å². The van der Waals surface area contributed by atoms with Crippen LogP contribution >= 0.6 is 0 Å². The molecule has 1 amide bonds. The van der Waals surface area contributed by atoms with E-state index in [0.717, 1.165) is 11.3 Å². The Morgan fingerprint density at radius 1 is 1.35 bits per heavy atom. The number of methoxy groups -OCH3 is 1. The van der Waals surface area contributed by atoms with Crippen LogP contribution in [0, 0.1) is 5.92 Å². The molecule has 1 heterocycles. The summed E-state index contributed by atoms with van der Waals surface area (Å²) in [6.07, 6.45) is -3.57. The standard InChI is InChI=1S/C16H21F3N2O2/c1-23-14-6-4-12(5-7-14)9-20-15(22)11-21-8-2-3-13(10-21)16(17,18)19/h4-7,13H,2-3,8-11H2,1H3,(H,20,22)/t13-/m0/s1. The molecule has 1 N–H and O–H groups in total. The molecule has 23 heavy (non-hydrogen) atoms. The van der Waals surface area contributed by atoms with Gasteiger partial charge in [0.1, 0.15) is 5.75 Å². The summed E-state index contributed by atoms with van der Waals surface area (Å²) in [5, 5.41) is 2.73. The van der Waals surface area contributed by atoms with Crippen LogP contribution in [0.25, 0.3) is 0 Å². The normalized spacial score (nSPS) is 19.4. The van der Waals surface area contributed by atoms with Gasteiger partial charge in [0, 0.05) is 13.1 Å². The van der Waals surface area contributed by atoms with Crippen LogP contribution in [-0.4, -0.2) is 43.7 Å². The molecule has 0 unspecified atom stereocenters. The molecule has 7 heteroatoms. The number of nitrogens with zero attached hydrogens (tertiary/aromatic N) is 1. The molecular weight excluding hydrogens is 309 g/mol. The Morgan fingerprint density at radius 2 is 2.04 bits per heavy atom. The number of carbonyl (C=O) groups excluding carboxylic acids is 1. The van der Waals surface area contributed by atoms with E-state index in [2.05, 4.69) is 5.32 Å². The quantitative estimate of drug-likeness (QED) is 0.902. The summed E-state index contributed by atoms with van der Waals surface area (Å²) in [7, 11) is 1.57. The third kappa shape index (κ3) is 5.42. The number of hydrogen-bond donors (Lipinski definition) is 1. The summed E-state index contributed by atoms with van der Waals surface area (Å²) in [6.45, 7) is 0.782. The molecule has 1 atom stereocenters. The van der Waals surface area contributed by atoms with Crippen molar-refractivity contribution in [3.63, 3.8) is 0 Å². The highest BCUT2D eigenvalue weighted by molar-refractivity contribution is 5.78. The second kappa shape index (κ2) is 7.68. The molecule has 0 aromatic heterocycles. The molecule has 1 aromatic rings. The van der Waals surface area contributed by atoms with E-state index in [9.17, 15) is 18.0 Å². The van der Waals surface area contributed by atoms with Crippen LogP contribution in [0.2, 0.25) is 0 Å². The van der Waals surface area contributed by atoms with E-state index in [1.807, 2.05) is 12.1 Å². The summed E-state index contributed by atoms with van der Waals surface area (Å²) in [5.41, 5.74) is 0.908. The third-order valence-electron chi connectivity index (χ3n) is 3.98. The lowest BCUT2D eigenvalue weighted by molar-refractivity contribution is -0.187. The molecule has 0 aliphatic carbocycles. The average molecular weight is 330 g/mol. The first-order chi connectivity index (χ1) is 10.9. The van der Waals surface area contributed by atoms with E-state index in [1.165, 1.54) is 0 Å². The van der Waals surface area contributed by atoms with Crippen LogP contribution in [0.3, 0.4) is 0 Å². The van der Waals surface area contributed by atoms with Crippen LogP contribution < -0.4 is 10.1 Å². The Kier molecular flexibility index (Phi) is 5.87. The zero-order chi connectivity index (χ0) is 16.9. The molecule has 0 radical (unpaired) electrons. The smallest absolute Gasteiger partial charge is 0.393 e. The van der Waals surface area contributed by atoms with Crippen molar-refractivity contribution < 1.29 is 22.7 Å². The van der Waals surface area contributed by atoms with E-state index >= 15 is 0 Å². The highest BCUT2D eigenvalue weighted by Crippen LogP contribution is 2.32. The molecule has 1 aromatic carbocycles. The second-order valence-corrected chi connectivity index (χ2v) is 5.74. The van der Waals surface area contributed by atoms with E-state index in [-0.39, 0.29) is 25.4 Å². The number of amides is 1. The van der Waals surface area contributed by atoms with Gasteiger partial charge in [0.25, 0.3) is 0 Å². The number of piperidine rings is 1. The lowest BCUT2D eigenvalue weighted by Gasteiger charge is -2.33. The van der Waals surface area contributed by atoms with Gasteiger partial charge < -0.3 is 10.1 Å². The van der Waals surface area contributed by atoms with Crippen LogP contribution in [-0.2, 0) is 11.3 Å². The summed E-state index contributed by atoms with van der Waals surface area (Å²) in [6, 6.07) is 7.25. The van der Waals surface area contributed by atoms with Gasteiger partial charge in [-0.2, -0.15) is 13.2 Å². The van der Waals surface area contributed by atoms with Crippen molar-refractivity contribution in [1.82, 2.24) is 10.2 Å². The lowest BCUT2D eigenvalue weighted by atomic mass is 9.97. The van der Waals surface area contributed by atoms with E-state index in [1.54, 1.807) is 24.1 Å². The van der Waals surface area contributed by atoms with Gasteiger partial charge in [0.2, 0.25) is 5.91 Å². The molecule has 4 nitrogen and oxygen atoms in total. The Labute approximate surface area is 133 Å². The minimum absolute atomic E-state index is 0.00271. The SMILES string of the molecule is COc1ccc(CNC(=O)CN2CCC[C@H](C(F)(F)F)C2)cc1. The predicted octanol–water partition coefficient (Wildman–Crippen LogP) is 2.59. The predicted molar refractivity (Wildman–Crippen MR) is 80.1 cm³/mol. The number of alkyl halides is 3. The largest absolute Gasteiger partial charge is 0.497 e. The number of rotatable bonds is 5. The van der Waals surface area contributed by atoms with E-state index in [0.29, 0.717) is 19.5 Å². The van der Waals surface area contributed by atoms with Gasteiger partial charge in [-0.1, -0.05) is 12.1 Å². The number of ether oxygens (including phenoxy) is 1. The topological polar surface area (TPSA) is 41.6 Å². The average Bonchev–Trinajstić information content (AvgIpc) is 2.53. The lowest BCUT2D eigenvalue weighted by Crippen LogP contribution is -2.45. The van der Waals surface area contributed by atoms with Gasteiger partial charge in [0.15, 0.2) is 0 Å². The van der Waals surface area contributed by atoms with Gasteiger partial charge in [-0.15, -0.1) is 0 Å². The van der Waals surface area contributed by atoms with Gasteiger partial charge in [-0.3, -0.25) is 9.69 Å². The highest BCUT2D eigenvalue weighted by atomic mass is 19.4. The molecular formula is C16H21F3N2O2. The van der Waals surface area contributed by atoms with Crippen molar-refractivity contribution >= 4 is 5.91 Å². The van der Waals surface area contributed by atoms with Crippen molar-refractivity contribution in [2.45, 2.75) is 25.6 Å². The molecule has 0 spiro atoms. The monoisotopic (exact) mass is 330 g/mol. The maximum Gasteiger partial charge on any atom is 0.393 e. The van der Waals surface area contributed by atoms with Crippen LogP contribution in [0.15, 0.2) is 24.3 Å². The fraction of sp³-hybridized carbons (Fsp3) is 0.562. The summed E-state index contributed by atoms with van der Waals surface area (Å²) < 4.78 is 43.3. The maximum atomic E-state index is 12.7. The van der Waals surface area contributed by atoms with Gasteiger partial charge in [-0.25, -0.2) is 0 Å². The Bertz CT molecular complexity index is 517. The van der Waals surface area contributed by atoms with Gasteiger partial charge >= 0.3 is 6.18 Å². The first kappa shape index (κ1) is 17.6. The van der Waals surface area contributed by atoms with Crippen molar-refractivity contribution in [1.29, 1.82) is 0 Å². The van der Waals surface area contributed by atoms with Crippen molar-refractivity contribution in [3.8, 4) is 5.75 Å². The fourth-order valence-electron chi connectivity index (χ4n) is 2.67.